The molecule has 0 spiro atoms. The van der Waals surface area contributed by atoms with Crippen molar-refractivity contribution in [2.24, 2.45) is 0 Å². The Hall–Kier alpha value is -1.58. The first kappa shape index (κ1) is 15.8. The van der Waals surface area contributed by atoms with Gasteiger partial charge in [0, 0.05) is 18.4 Å². The molecule has 1 atom stereocenters. The SMILES string of the molecule is CNC(CCOc1cccc(C)c1)Cc1ccncc1Cl. The van der Waals surface area contributed by atoms with Gasteiger partial charge in [-0.3, -0.25) is 4.98 Å². The Morgan fingerprint density at radius 3 is 2.90 bits per heavy atom. The van der Waals surface area contributed by atoms with Crippen molar-refractivity contribution >= 4 is 11.6 Å². The molecule has 4 heteroatoms. The summed E-state index contributed by atoms with van der Waals surface area (Å²) in [5.41, 5.74) is 2.32. The average molecular weight is 305 g/mol. The molecule has 0 aliphatic rings. The number of hydrogen-bond donors (Lipinski definition) is 1. The first-order chi connectivity index (χ1) is 10.2. The van der Waals surface area contributed by atoms with Gasteiger partial charge in [0.25, 0.3) is 0 Å². The maximum absolute atomic E-state index is 6.15. The van der Waals surface area contributed by atoms with Gasteiger partial charge < -0.3 is 10.1 Å². The molecule has 2 aromatic rings. The smallest absolute Gasteiger partial charge is 0.119 e. The van der Waals surface area contributed by atoms with E-state index >= 15 is 0 Å². The maximum Gasteiger partial charge on any atom is 0.119 e. The number of hydrogen-bond acceptors (Lipinski definition) is 3. The Morgan fingerprint density at radius 1 is 1.33 bits per heavy atom. The van der Waals surface area contributed by atoms with Crippen LogP contribution in [0.25, 0.3) is 0 Å². The minimum absolute atomic E-state index is 0.328. The lowest BCUT2D eigenvalue weighted by Crippen LogP contribution is -2.29. The van der Waals surface area contributed by atoms with Crippen LogP contribution in [0.1, 0.15) is 17.5 Å². The Balaban J connectivity index is 1.84. The number of ether oxygens (including phenoxy) is 1. The van der Waals surface area contributed by atoms with Gasteiger partial charge in [-0.05, 0) is 56.1 Å². The first-order valence-electron chi connectivity index (χ1n) is 7.14. The lowest BCUT2D eigenvalue weighted by Gasteiger charge is -2.17. The normalized spacial score (nSPS) is 12.1. The zero-order valence-corrected chi connectivity index (χ0v) is 13.2. The van der Waals surface area contributed by atoms with E-state index in [2.05, 4.69) is 23.3 Å². The van der Waals surface area contributed by atoms with Gasteiger partial charge >= 0.3 is 0 Å². The average Bonchev–Trinajstić information content (AvgIpc) is 2.48. The van der Waals surface area contributed by atoms with Gasteiger partial charge in [0.05, 0.1) is 11.6 Å². The monoisotopic (exact) mass is 304 g/mol. The second kappa shape index (κ2) is 8.01. The van der Waals surface area contributed by atoms with Gasteiger partial charge in [-0.15, -0.1) is 0 Å². The molecular weight excluding hydrogens is 284 g/mol. The number of rotatable bonds is 7. The molecule has 21 heavy (non-hydrogen) atoms. The third kappa shape index (κ3) is 5.03. The molecule has 112 valence electrons. The van der Waals surface area contributed by atoms with Crippen LogP contribution in [0.4, 0.5) is 0 Å². The van der Waals surface area contributed by atoms with Crippen molar-refractivity contribution in [2.75, 3.05) is 13.7 Å². The summed E-state index contributed by atoms with van der Waals surface area (Å²) in [6.07, 6.45) is 5.25. The fraction of sp³-hybridized carbons (Fsp3) is 0.353. The highest BCUT2D eigenvalue weighted by molar-refractivity contribution is 6.31. The molecule has 2 rings (SSSR count). The van der Waals surface area contributed by atoms with Gasteiger partial charge in [0.2, 0.25) is 0 Å². The molecule has 0 saturated heterocycles. The van der Waals surface area contributed by atoms with Crippen molar-refractivity contribution in [1.82, 2.24) is 10.3 Å². The molecule has 0 bridgehead atoms. The highest BCUT2D eigenvalue weighted by Gasteiger charge is 2.10. The first-order valence-corrected chi connectivity index (χ1v) is 7.52. The standard InChI is InChI=1S/C17H21ClN2O/c1-13-4-3-5-16(10-13)21-9-7-15(19-2)11-14-6-8-20-12-17(14)18/h3-6,8,10,12,15,19H,7,9,11H2,1-2H3. The Labute approximate surface area is 131 Å². The zero-order valence-electron chi connectivity index (χ0n) is 12.5. The molecule has 1 aromatic carbocycles. The van der Waals surface area contributed by atoms with Crippen LogP contribution in [0.3, 0.4) is 0 Å². The van der Waals surface area contributed by atoms with Crippen molar-refractivity contribution in [3.63, 3.8) is 0 Å². The molecule has 0 saturated carbocycles. The summed E-state index contributed by atoms with van der Waals surface area (Å²) in [5, 5.41) is 4.04. The fourth-order valence-electron chi connectivity index (χ4n) is 2.21. The molecule has 1 heterocycles. The molecule has 1 N–H and O–H groups in total. The highest BCUT2D eigenvalue weighted by Crippen LogP contribution is 2.17. The Bertz CT molecular complexity index is 574. The summed E-state index contributed by atoms with van der Waals surface area (Å²) < 4.78 is 5.80. The maximum atomic E-state index is 6.15. The van der Waals surface area contributed by atoms with Gasteiger partial charge in [-0.2, -0.15) is 0 Å². The topological polar surface area (TPSA) is 34.1 Å². The van der Waals surface area contributed by atoms with E-state index in [-0.39, 0.29) is 0 Å². The number of likely N-dealkylation sites (N-methyl/N-ethyl adjacent to an activating group) is 1. The van der Waals surface area contributed by atoms with Crippen molar-refractivity contribution < 1.29 is 4.74 Å². The van der Waals surface area contributed by atoms with Gasteiger partial charge in [0.15, 0.2) is 0 Å². The van der Waals surface area contributed by atoms with E-state index in [1.807, 2.05) is 31.3 Å². The van der Waals surface area contributed by atoms with Crippen molar-refractivity contribution in [3.8, 4) is 5.75 Å². The Kier molecular flexibility index (Phi) is 6.03. The summed E-state index contributed by atoms with van der Waals surface area (Å²) in [6.45, 7) is 2.74. The number of nitrogens with one attached hydrogen (secondary N) is 1. The van der Waals surface area contributed by atoms with Crippen LogP contribution in [0, 0.1) is 6.92 Å². The molecule has 1 aromatic heterocycles. The molecule has 0 fully saturated rings. The summed E-state index contributed by atoms with van der Waals surface area (Å²) in [5.74, 6) is 0.923. The van der Waals surface area contributed by atoms with E-state index in [0.717, 1.165) is 29.2 Å². The summed E-state index contributed by atoms with van der Waals surface area (Å²) >= 11 is 6.15. The molecule has 1 unspecified atom stereocenters. The molecule has 0 aliphatic heterocycles. The number of halogens is 1. The highest BCUT2D eigenvalue weighted by atomic mass is 35.5. The van der Waals surface area contributed by atoms with Crippen LogP contribution in [-0.4, -0.2) is 24.7 Å². The zero-order chi connectivity index (χ0) is 15.1. The lowest BCUT2D eigenvalue weighted by atomic mass is 10.0. The number of nitrogens with zero attached hydrogens (tertiary/aromatic N) is 1. The van der Waals surface area contributed by atoms with E-state index in [4.69, 9.17) is 16.3 Å². The predicted octanol–water partition coefficient (Wildman–Crippen LogP) is 3.64. The predicted molar refractivity (Wildman–Crippen MR) is 87.1 cm³/mol. The fourth-order valence-corrected chi connectivity index (χ4v) is 2.40. The van der Waals surface area contributed by atoms with Crippen molar-refractivity contribution in [2.45, 2.75) is 25.8 Å². The minimum atomic E-state index is 0.328. The minimum Gasteiger partial charge on any atom is -0.494 e. The van der Waals surface area contributed by atoms with Crippen molar-refractivity contribution in [3.05, 3.63) is 58.9 Å². The van der Waals surface area contributed by atoms with Gasteiger partial charge in [0.1, 0.15) is 5.75 Å². The van der Waals surface area contributed by atoms with Gasteiger partial charge in [-0.25, -0.2) is 0 Å². The Morgan fingerprint density at radius 2 is 2.19 bits per heavy atom. The van der Waals surface area contributed by atoms with Crippen LogP contribution >= 0.6 is 11.6 Å². The molecule has 3 nitrogen and oxygen atoms in total. The number of benzene rings is 1. The van der Waals surface area contributed by atoms with E-state index in [1.54, 1.807) is 12.4 Å². The largest absolute Gasteiger partial charge is 0.494 e. The number of aromatic nitrogens is 1. The van der Waals surface area contributed by atoms with Crippen LogP contribution in [0.2, 0.25) is 5.02 Å². The summed E-state index contributed by atoms with van der Waals surface area (Å²) in [6, 6.07) is 10.4. The molecule has 0 radical (unpaired) electrons. The van der Waals surface area contributed by atoms with Crippen LogP contribution < -0.4 is 10.1 Å². The van der Waals surface area contributed by atoms with Crippen LogP contribution in [0.5, 0.6) is 5.75 Å². The lowest BCUT2D eigenvalue weighted by molar-refractivity contribution is 0.288. The third-order valence-corrected chi connectivity index (χ3v) is 3.80. The van der Waals surface area contributed by atoms with E-state index in [0.29, 0.717) is 12.6 Å². The molecule has 0 aliphatic carbocycles. The summed E-state index contributed by atoms with van der Waals surface area (Å²) in [7, 11) is 1.96. The second-order valence-corrected chi connectivity index (χ2v) is 5.52. The number of aryl methyl sites for hydroxylation is 1. The van der Waals surface area contributed by atoms with Crippen LogP contribution in [-0.2, 0) is 6.42 Å². The third-order valence-electron chi connectivity index (χ3n) is 3.46. The van der Waals surface area contributed by atoms with E-state index < -0.39 is 0 Å². The second-order valence-electron chi connectivity index (χ2n) is 5.11. The quantitative estimate of drug-likeness (QED) is 0.848. The van der Waals surface area contributed by atoms with E-state index in [1.165, 1.54) is 5.56 Å². The number of pyridine rings is 1. The summed E-state index contributed by atoms with van der Waals surface area (Å²) in [4.78, 5) is 4.01. The van der Waals surface area contributed by atoms with Gasteiger partial charge in [-0.1, -0.05) is 23.7 Å². The molecule has 0 amide bonds. The molecular formula is C17H21ClN2O. The van der Waals surface area contributed by atoms with Crippen LogP contribution in [0.15, 0.2) is 42.7 Å². The van der Waals surface area contributed by atoms with E-state index in [9.17, 15) is 0 Å². The van der Waals surface area contributed by atoms with Crippen molar-refractivity contribution in [1.29, 1.82) is 0 Å².